The molecule has 0 unspecified atom stereocenters. The zero-order chi connectivity index (χ0) is 13.7. The third-order valence-electron chi connectivity index (χ3n) is 2.76. The fourth-order valence-electron chi connectivity index (χ4n) is 1.72. The number of fused-ring (bicyclic) bond motifs is 1. The van der Waals surface area contributed by atoms with Crippen LogP contribution < -0.4 is 11.1 Å². The Balaban J connectivity index is 0.00000180. The molecule has 1 heterocycles. The van der Waals surface area contributed by atoms with Gasteiger partial charge < -0.3 is 9.13 Å². The van der Waals surface area contributed by atoms with Crippen LogP contribution in [0, 0.1) is 0 Å². The van der Waals surface area contributed by atoms with Crippen molar-refractivity contribution in [1.82, 2.24) is 9.13 Å². The monoisotopic (exact) mass is 306 g/mol. The zero-order valence-corrected chi connectivity index (χ0v) is 11.7. The van der Waals surface area contributed by atoms with Crippen molar-refractivity contribution in [3.05, 3.63) is 38.9 Å². The number of benzene rings is 1. The van der Waals surface area contributed by atoms with Gasteiger partial charge in [-0.3, -0.25) is 14.1 Å². The number of aryl methyl sites for hydroxylation is 2. The van der Waals surface area contributed by atoms with Gasteiger partial charge >= 0.3 is 11.1 Å². The first kappa shape index (κ1) is 15.4. The molecule has 2 aromatic rings. The van der Waals surface area contributed by atoms with Crippen LogP contribution >= 0.6 is 12.4 Å². The van der Waals surface area contributed by atoms with Gasteiger partial charge in [0.25, 0.3) is 10.1 Å². The molecule has 1 aromatic carbocycles. The summed E-state index contributed by atoms with van der Waals surface area (Å²) in [5, 5.41) is 0. The number of rotatable bonds is 1. The molecule has 0 spiro atoms. The minimum Gasteiger partial charge on any atom is -0.305 e. The van der Waals surface area contributed by atoms with E-state index < -0.39 is 21.2 Å². The molecule has 9 heteroatoms. The topological polar surface area (TPSA) is 98.4 Å². The summed E-state index contributed by atoms with van der Waals surface area (Å²) in [6.45, 7) is 0. The van der Waals surface area contributed by atoms with E-state index in [1.807, 2.05) is 0 Å². The van der Waals surface area contributed by atoms with Gasteiger partial charge in [-0.25, -0.2) is 0 Å². The van der Waals surface area contributed by atoms with E-state index in [1.165, 1.54) is 26.2 Å². The highest BCUT2D eigenvalue weighted by molar-refractivity contribution is 7.85. The largest absolute Gasteiger partial charge is 0.316 e. The van der Waals surface area contributed by atoms with Crippen LogP contribution in [-0.4, -0.2) is 22.1 Å². The third-order valence-corrected chi connectivity index (χ3v) is 3.61. The summed E-state index contributed by atoms with van der Waals surface area (Å²) in [5.74, 6) is 0. The Labute approximate surface area is 114 Å². The smallest absolute Gasteiger partial charge is 0.305 e. The molecule has 0 radical (unpaired) electrons. The lowest BCUT2D eigenvalue weighted by Crippen LogP contribution is -2.39. The summed E-state index contributed by atoms with van der Waals surface area (Å²) in [4.78, 5) is 22.8. The van der Waals surface area contributed by atoms with Crippen LogP contribution in [-0.2, 0) is 24.2 Å². The van der Waals surface area contributed by atoms with Gasteiger partial charge in [0.1, 0.15) is 0 Å². The number of aromatic nitrogens is 2. The molecule has 0 aliphatic rings. The molecule has 104 valence electrons. The highest BCUT2D eigenvalue weighted by atomic mass is 35.5. The molecule has 0 bridgehead atoms. The fourth-order valence-corrected chi connectivity index (χ4v) is 2.22. The summed E-state index contributed by atoms with van der Waals surface area (Å²) in [6.07, 6.45) is 0. The van der Waals surface area contributed by atoms with Crippen molar-refractivity contribution < 1.29 is 13.0 Å². The summed E-state index contributed by atoms with van der Waals surface area (Å²) < 4.78 is 33.2. The molecule has 0 amide bonds. The maximum absolute atomic E-state index is 11.6. The van der Waals surface area contributed by atoms with Crippen molar-refractivity contribution in [1.29, 1.82) is 0 Å². The van der Waals surface area contributed by atoms with E-state index in [1.54, 1.807) is 0 Å². The van der Waals surface area contributed by atoms with Gasteiger partial charge in [-0.15, -0.1) is 12.4 Å². The molecule has 0 saturated carbocycles. The average molecular weight is 307 g/mol. The van der Waals surface area contributed by atoms with Gasteiger partial charge in [0.05, 0.1) is 15.9 Å². The molecule has 0 atom stereocenters. The van der Waals surface area contributed by atoms with Gasteiger partial charge in [-0.2, -0.15) is 8.42 Å². The summed E-state index contributed by atoms with van der Waals surface area (Å²) in [7, 11) is -1.57. The van der Waals surface area contributed by atoms with Crippen LogP contribution in [0.5, 0.6) is 0 Å². The quantitative estimate of drug-likeness (QED) is 0.586. The Bertz CT molecular complexity index is 866. The lowest BCUT2D eigenvalue weighted by molar-refractivity contribution is 0.483. The Kier molecular flexibility index (Phi) is 3.89. The van der Waals surface area contributed by atoms with Crippen LogP contribution in [0.1, 0.15) is 0 Å². The summed E-state index contributed by atoms with van der Waals surface area (Å²) >= 11 is 0. The first-order chi connectivity index (χ1) is 8.23. The van der Waals surface area contributed by atoms with Crippen LogP contribution in [0.2, 0.25) is 0 Å². The van der Waals surface area contributed by atoms with E-state index in [-0.39, 0.29) is 22.8 Å². The van der Waals surface area contributed by atoms with E-state index in [9.17, 15) is 18.0 Å². The van der Waals surface area contributed by atoms with E-state index in [0.717, 1.165) is 15.2 Å². The Morgan fingerprint density at radius 1 is 1.00 bits per heavy atom. The molecular weight excluding hydrogens is 296 g/mol. The highest BCUT2D eigenvalue weighted by Crippen LogP contribution is 2.16. The molecule has 0 aliphatic carbocycles. The van der Waals surface area contributed by atoms with Gasteiger partial charge in [0.15, 0.2) is 0 Å². The van der Waals surface area contributed by atoms with Crippen molar-refractivity contribution in [3.8, 4) is 0 Å². The maximum Gasteiger partial charge on any atom is 0.316 e. The van der Waals surface area contributed by atoms with Crippen LogP contribution in [0.3, 0.4) is 0 Å². The van der Waals surface area contributed by atoms with Crippen LogP contribution in [0.15, 0.2) is 32.7 Å². The van der Waals surface area contributed by atoms with Crippen molar-refractivity contribution in [2.75, 3.05) is 0 Å². The predicted octanol–water partition coefficient (Wildman–Crippen LogP) is -0.0943. The standard InChI is InChI=1S/C10H10N2O5S.ClH/c1-11-7-4-3-6(18(15,16)17)5-8(7)12(2)10(14)9(11)13;/h3-5H,1-2H3,(H,15,16,17);1H. The van der Waals surface area contributed by atoms with Crippen LogP contribution in [0.4, 0.5) is 0 Å². The van der Waals surface area contributed by atoms with Crippen molar-refractivity contribution in [2.45, 2.75) is 4.90 Å². The third kappa shape index (κ3) is 2.42. The van der Waals surface area contributed by atoms with E-state index >= 15 is 0 Å². The fraction of sp³-hybridized carbons (Fsp3) is 0.200. The van der Waals surface area contributed by atoms with E-state index in [0.29, 0.717) is 5.52 Å². The minimum atomic E-state index is -4.35. The zero-order valence-electron chi connectivity index (χ0n) is 10.0. The number of hydrogen-bond donors (Lipinski definition) is 1. The average Bonchev–Trinajstić information content (AvgIpc) is 2.32. The van der Waals surface area contributed by atoms with Gasteiger partial charge in [0, 0.05) is 14.1 Å². The van der Waals surface area contributed by atoms with Crippen LogP contribution in [0.25, 0.3) is 11.0 Å². The lowest BCUT2D eigenvalue weighted by atomic mass is 10.3. The number of nitrogens with zero attached hydrogens (tertiary/aromatic N) is 2. The Morgan fingerprint density at radius 2 is 1.47 bits per heavy atom. The molecule has 0 aliphatic heterocycles. The van der Waals surface area contributed by atoms with E-state index in [4.69, 9.17) is 4.55 Å². The normalized spacial score (nSPS) is 11.3. The SMILES string of the molecule is Cl.Cn1c(=O)c(=O)n(C)c2cc(S(=O)(=O)O)ccc21. The maximum atomic E-state index is 11.6. The first-order valence-electron chi connectivity index (χ1n) is 4.91. The van der Waals surface area contributed by atoms with Gasteiger partial charge in [-0.05, 0) is 18.2 Å². The highest BCUT2D eigenvalue weighted by Gasteiger charge is 2.14. The number of halogens is 1. The van der Waals surface area contributed by atoms with Crippen molar-refractivity contribution >= 4 is 33.6 Å². The van der Waals surface area contributed by atoms with Gasteiger partial charge in [0.2, 0.25) is 0 Å². The second kappa shape index (κ2) is 4.80. The number of hydrogen-bond acceptors (Lipinski definition) is 4. The molecule has 1 N–H and O–H groups in total. The second-order valence-corrected chi connectivity index (χ2v) is 5.28. The Morgan fingerprint density at radius 3 is 1.95 bits per heavy atom. The predicted molar refractivity (Wildman–Crippen MR) is 71.5 cm³/mol. The van der Waals surface area contributed by atoms with Crippen molar-refractivity contribution in [3.63, 3.8) is 0 Å². The lowest BCUT2D eigenvalue weighted by Gasteiger charge is -2.09. The van der Waals surface area contributed by atoms with E-state index in [2.05, 4.69) is 0 Å². The molecule has 7 nitrogen and oxygen atoms in total. The second-order valence-electron chi connectivity index (χ2n) is 3.85. The minimum absolute atomic E-state index is 0. The van der Waals surface area contributed by atoms with Gasteiger partial charge in [-0.1, -0.05) is 0 Å². The summed E-state index contributed by atoms with van der Waals surface area (Å²) in [5.41, 5.74) is -0.825. The summed E-state index contributed by atoms with van der Waals surface area (Å²) in [6, 6.07) is 3.67. The van der Waals surface area contributed by atoms with Crippen molar-refractivity contribution in [2.24, 2.45) is 14.1 Å². The molecule has 2 rings (SSSR count). The Hall–Kier alpha value is -1.64. The molecule has 0 saturated heterocycles. The molecular formula is C10H11ClN2O5S. The first-order valence-corrected chi connectivity index (χ1v) is 6.35. The molecule has 0 fully saturated rings. The molecule has 19 heavy (non-hydrogen) atoms. The molecule has 1 aromatic heterocycles.